The van der Waals surface area contributed by atoms with Crippen molar-refractivity contribution >= 4 is 45.0 Å². The largest absolute Gasteiger partial charge is 0.495 e. The summed E-state index contributed by atoms with van der Waals surface area (Å²) in [4.78, 5) is 25.1. The molecule has 1 saturated heterocycles. The second-order valence-corrected chi connectivity index (χ2v) is 9.14. The van der Waals surface area contributed by atoms with Crippen molar-refractivity contribution in [2.45, 2.75) is 25.9 Å². The summed E-state index contributed by atoms with van der Waals surface area (Å²) < 4.78 is 20.6. The van der Waals surface area contributed by atoms with Gasteiger partial charge in [-0.2, -0.15) is 4.98 Å². The van der Waals surface area contributed by atoms with Gasteiger partial charge in [0.25, 0.3) is 5.91 Å². The van der Waals surface area contributed by atoms with Gasteiger partial charge in [0, 0.05) is 41.5 Å². The molecule has 1 aliphatic heterocycles. The van der Waals surface area contributed by atoms with E-state index in [0.717, 1.165) is 23.8 Å². The average molecular weight is 545 g/mol. The van der Waals surface area contributed by atoms with Crippen LogP contribution in [0.25, 0.3) is 0 Å². The molecule has 4 rings (SSSR count). The predicted molar refractivity (Wildman–Crippen MR) is 135 cm³/mol. The highest BCUT2D eigenvalue weighted by Crippen LogP contribution is 2.30. The van der Waals surface area contributed by atoms with Gasteiger partial charge in [-0.1, -0.05) is 15.9 Å². The average Bonchev–Trinajstić information content (AvgIpc) is 2.81. The SMILES string of the molecule is COc1ccc(Nc2nc(NN3C[C@@H](C)N[C@@H](C)C3)ncc2F)cc1NC(=O)c1cc(Br)ccn1. The number of benzene rings is 1. The lowest BCUT2D eigenvalue weighted by Crippen LogP contribution is -2.55. The summed E-state index contributed by atoms with van der Waals surface area (Å²) in [6.45, 7) is 5.69. The number of aromatic nitrogens is 3. The molecule has 4 N–H and O–H groups in total. The summed E-state index contributed by atoms with van der Waals surface area (Å²) in [5.74, 6) is -0.322. The Morgan fingerprint density at radius 1 is 1.20 bits per heavy atom. The molecule has 3 heterocycles. The molecule has 0 spiro atoms. The highest BCUT2D eigenvalue weighted by atomic mass is 79.9. The zero-order chi connectivity index (χ0) is 24.9. The second-order valence-electron chi connectivity index (χ2n) is 8.23. The molecular formula is C23H26BrFN8O2. The summed E-state index contributed by atoms with van der Waals surface area (Å²) in [7, 11) is 1.50. The number of ether oxygens (including phenoxy) is 1. The molecule has 35 heavy (non-hydrogen) atoms. The zero-order valence-corrected chi connectivity index (χ0v) is 21.1. The minimum absolute atomic E-state index is 0.00479. The lowest BCUT2D eigenvalue weighted by Gasteiger charge is -2.35. The zero-order valence-electron chi connectivity index (χ0n) is 19.5. The maximum atomic E-state index is 14.5. The van der Waals surface area contributed by atoms with Crippen LogP contribution in [0.3, 0.4) is 0 Å². The number of carbonyl (C=O) groups is 1. The van der Waals surface area contributed by atoms with Crippen molar-refractivity contribution < 1.29 is 13.9 Å². The molecule has 0 saturated carbocycles. The Morgan fingerprint density at radius 3 is 2.69 bits per heavy atom. The molecule has 10 nitrogen and oxygen atoms in total. The number of anilines is 4. The molecule has 3 aromatic rings. The number of nitrogens with one attached hydrogen (secondary N) is 4. The predicted octanol–water partition coefficient (Wildman–Crippen LogP) is 3.79. The molecule has 1 aliphatic rings. The topological polar surface area (TPSA) is 116 Å². The van der Waals surface area contributed by atoms with E-state index in [1.54, 1.807) is 30.3 Å². The highest BCUT2D eigenvalue weighted by molar-refractivity contribution is 9.10. The van der Waals surface area contributed by atoms with E-state index in [0.29, 0.717) is 29.2 Å². The molecule has 2 aromatic heterocycles. The van der Waals surface area contributed by atoms with E-state index in [9.17, 15) is 9.18 Å². The van der Waals surface area contributed by atoms with Crippen LogP contribution in [-0.2, 0) is 0 Å². The van der Waals surface area contributed by atoms with Crippen molar-refractivity contribution in [3.63, 3.8) is 0 Å². The molecule has 184 valence electrons. The van der Waals surface area contributed by atoms with Gasteiger partial charge in [0.05, 0.1) is 19.0 Å². The van der Waals surface area contributed by atoms with Crippen LogP contribution in [-0.4, -0.2) is 58.2 Å². The number of amides is 1. The summed E-state index contributed by atoms with van der Waals surface area (Å²) >= 11 is 3.33. The molecule has 12 heteroatoms. The van der Waals surface area contributed by atoms with Gasteiger partial charge < -0.3 is 20.7 Å². The van der Waals surface area contributed by atoms with E-state index in [1.807, 2.05) is 5.01 Å². The Kier molecular flexibility index (Phi) is 7.73. The van der Waals surface area contributed by atoms with E-state index >= 15 is 0 Å². The van der Waals surface area contributed by atoms with E-state index in [-0.39, 0.29) is 17.5 Å². The number of rotatable bonds is 7. The third-order valence-electron chi connectivity index (χ3n) is 5.22. The Hall–Kier alpha value is -3.35. The number of hydrogen-bond acceptors (Lipinski definition) is 9. The van der Waals surface area contributed by atoms with Crippen molar-refractivity contribution in [2.75, 3.05) is 36.3 Å². The lowest BCUT2D eigenvalue weighted by atomic mass is 10.2. The fraction of sp³-hybridized carbons (Fsp3) is 0.304. The smallest absolute Gasteiger partial charge is 0.274 e. The summed E-state index contributed by atoms with van der Waals surface area (Å²) in [6, 6.07) is 8.91. The minimum atomic E-state index is -0.614. The number of carbonyl (C=O) groups excluding carboxylic acids is 1. The van der Waals surface area contributed by atoms with Crippen molar-refractivity contribution in [3.8, 4) is 5.75 Å². The molecule has 2 atom stereocenters. The summed E-state index contributed by atoms with van der Waals surface area (Å²) in [5.41, 5.74) is 4.27. The Balaban J connectivity index is 1.51. The van der Waals surface area contributed by atoms with Gasteiger partial charge in [-0.25, -0.2) is 14.4 Å². The fourth-order valence-corrected chi connectivity index (χ4v) is 4.14. The van der Waals surface area contributed by atoms with Crippen LogP contribution in [0, 0.1) is 5.82 Å². The van der Waals surface area contributed by atoms with Crippen LogP contribution in [0.2, 0.25) is 0 Å². The van der Waals surface area contributed by atoms with Crippen LogP contribution in [0.5, 0.6) is 5.75 Å². The number of hydrazine groups is 1. The molecule has 0 bridgehead atoms. The monoisotopic (exact) mass is 544 g/mol. The lowest BCUT2D eigenvalue weighted by molar-refractivity contribution is 0.102. The van der Waals surface area contributed by atoms with Crippen LogP contribution in [0.15, 0.2) is 47.2 Å². The van der Waals surface area contributed by atoms with Crippen molar-refractivity contribution in [3.05, 3.63) is 58.7 Å². The maximum Gasteiger partial charge on any atom is 0.274 e. The fourth-order valence-electron chi connectivity index (χ4n) is 3.80. The van der Waals surface area contributed by atoms with Gasteiger partial charge in [0.15, 0.2) is 11.6 Å². The minimum Gasteiger partial charge on any atom is -0.495 e. The third-order valence-corrected chi connectivity index (χ3v) is 5.72. The van der Waals surface area contributed by atoms with E-state index < -0.39 is 11.7 Å². The van der Waals surface area contributed by atoms with Crippen molar-refractivity contribution in [2.24, 2.45) is 0 Å². The number of nitrogens with zero attached hydrogens (tertiary/aromatic N) is 4. The Labute approximate surface area is 210 Å². The quantitative estimate of drug-likeness (QED) is 0.352. The summed E-state index contributed by atoms with van der Waals surface area (Å²) in [5, 5.41) is 11.2. The molecule has 0 unspecified atom stereocenters. The van der Waals surface area contributed by atoms with Gasteiger partial charge in [-0.05, 0) is 44.2 Å². The normalized spacial score (nSPS) is 18.1. The first-order valence-corrected chi connectivity index (χ1v) is 11.8. The first kappa shape index (κ1) is 24.8. The number of piperazine rings is 1. The highest BCUT2D eigenvalue weighted by Gasteiger charge is 2.22. The number of halogens is 2. The van der Waals surface area contributed by atoms with Crippen molar-refractivity contribution in [1.29, 1.82) is 0 Å². The number of pyridine rings is 1. The molecule has 1 amide bonds. The molecular weight excluding hydrogens is 519 g/mol. The van der Waals surface area contributed by atoms with E-state index in [4.69, 9.17) is 4.74 Å². The van der Waals surface area contributed by atoms with Gasteiger partial charge >= 0.3 is 0 Å². The molecule has 1 fully saturated rings. The standard InChI is InChI=1S/C23H26BrFN8O2/c1-13-11-33(12-14(2)28-13)32-23-27-10-17(25)21(31-23)29-16-4-5-20(35-3)18(9-16)30-22(34)19-8-15(24)6-7-26-19/h4-10,13-14,28H,11-12H2,1-3H3,(H,30,34)(H2,27,29,31,32)/t13-,14+. The van der Waals surface area contributed by atoms with Gasteiger partial charge in [0.1, 0.15) is 11.4 Å². The maximum absolute atomic E-state index is 14.5. The summed E-state index contributed by atoms with van der Waals surface area (Å²) in [6.07, 6.45) is 2.64. The van der Waals surface area contributed by atoms with E-state index in [2.05, 4.69) is 66.1 Å². The van der Waals surface area contributed by atoms with Crippen LogP contribution < -0.4 is 26.1 Å². The van der Waals surface area contributed by atoms with Crippen molar-refractivity contribution in [1.82, 2.24) is 25.3 Å². The first-order chi connectivity index (χ1) is 16.8. The number of hydrogen-bond donors (Lipinski definition) is 4. The second kappa shape index (κ2) is 10.9. The first-order valence-electron chi connectivity index (χ1n) is 11.0. The Morgan fingerprint density at radius 2 is 1.97 bits per heavy atom. The van der Waals surface area contributed by atoms with Crippen LogP contribution >= 0.6 is 15.9 Å². The van der Waals surface area contributed by atoms with E-state index in [1.165, 1.54) is 13.3 Å². The molecule has 0 aliphatic carbocycles. The number of methoxy groups -OCH3 is 1. The van der Waals surface area contributed by atoms with Gasteiger partial charge in [0.2, 0.25) is 5.95 Å². The third kappa shape index (κ3) is 6.41. The molecule has 0 radical (unpaired) electrons. The Bertz CT molecular complexity index is 1200. The van der Waals surface area contributed by atoms with Crippen LogP contribution in [0.4, 0.5) is 27.5 Å². The van der Waals surface area contributed by atoms with Crippen LogP contribution in [0.1, 0.15) is 24.3 Å². The molecule has 1 aromatic carbocycles. The van der Waals surface area contributed by atoms with Gasteiger partial charge in [-0.15, -0.1) is 0 Å². The van der Waals surface area contributed by atoms with Gasteiger partial charge in [-0.3, -0.25) is 15.2 Å².